The molecule has 1 saturated heterocycles. The molecule has 76 valence electrons. The highest BCUT2D eigenvalue weighted by atomic mass is 16.2. The molecule has 1 heterocycles. The SMILES string of the molecule is CCC1(C)CCN(C(=O)NC)CC1. The van der Waals surface area contributed by atoms with Crippen LogP contribution in [-0.2, 0) is 0 Å². The van der Waals surface area contributed by atoms with Crippen LogP contribution in [0.4, 0.5) is 4.79 Å². The summed E-state index contributed by atoms with van der Waals surface area (Å²) in [5.41, 5.74) is 0.463. The highest BCUT2D eigenvalue weighted by Crippen LogP contribution is 2.33. The molecule has 0 spiro atoms. The third-order valence-corrected chi connectivity index (χ3v) is 3.33. The van der Waals surface area contributed by atoms with Crippen LogP contribution in [0.3, 0.4) is 0 Å². The van der Waals surface area contributed by atoms with Gasteiger partial charge in [-0.1, -0.05) is 20.3 Å². The fourth-order valence-corrected chi connectivity index (χ4v) is 1.76. The van der Waals surface area contributed by atoms with Crippen molar-refractivity contribution in [3.8, 4) is 0 Å². The molecule has 13 heavy (non-hydrogen) atoms. The molecule has 0 saturated carbocycles. The third kappa shape index (κ3) is 2.36. The molecule has 0 bridgehead atoms. The van der Waals surface area contributed by atoms with Gasteiger partial charge in [0.1, 0.15) is 0 Å². The Labute approximate surface area is 80.5 Å². The van der Waals surface area contributed by atoms with E-state index in [4.69, 9.17) is 0 Å². The van der Waals surface area contributed by atoms with E-state index in [1.807, 2.05) is 4.90 Å². The lowest BCUT2D eigenvalue weighted by atomic mass is 9.78. The summed E-state index contributed by atoms with van der Waals surface area (Å²) >= 11 is 0. The van der Waals surface area contributed by atoms with E-state index in [9.17, 15) is 4.79 Å². The fraction of sp³-hybridized carbons (Fsp3) is 0.900. The second-order valence-corrected chi connectivity index (χ2v) is 4.21. The number of likely N-dealkylation sites (tertiary alicyclic amines) is 1. The van der Waals surface area contributed by atoms with Crippen molar-refractivity contribution in [3.05, 3.63) is 0 Å². The predicted octanol–water partition coefficient (Wildman–Crippen LogP) is 1.84. The van der Waals surface area contributed by atoms with Crippen molar-refractivity contribution < 1.29 is 4.79 Å². The maximum atomic E-state index is 11.3. The van der Waals surface area contributed by atoms with Crippen molar-refractivity contribution in [3.63, 3.8) is 0 Å². The Morgan fingerprint density at radius 2 is 2.00 bits per heavy atom. The first-order chi connectivity index (χ1) is 6.11. The maximum absolute atomic E-state index is 11.3. The second-order valence-electron chi connectivity index (χ2n) is 4.21. The summed E-state index contributed by atoms with van der Waals surface area (Å²) in [5.74, 6) is 0. The molecule has 0 unspecified atom stereocenters. The number of urea groups is 1. The molecular weight excluding hydrogens is 164 g/mol. The first-order valence-electron chi connectivity index (χ1n) is 5.08. The Morgan fingerprint density at radius 3 is 2.38 bits per heavy atom. The summed E-state index contributed by atoms with van der Waals surface area (Å²) in [6.07, 6.45) is 3.49. The summed E-state index contributed by atoms with van der Waals surface area (Å²) in [4.78, 5) is 13.2. The van der Waals surface area contributed by atoms with Gasteiger partial charge in [-0.3, -0.25) is 0 Å². The molecule has 1 aliphatic rings. The normalized spacial score (nSPS) is 21.3. The van der Waals surface area contributed by atoms with Crippen LogP contribution < -0.4 is 5.32 Å². The summed E-state index contributed by atoms with van der Waals surface area (Å²) in [6, 6.07) is 0.0677. The number of hydrogen-bond donors (Lipinski definition) is 1. The van der Waals surface area contributed by atoms with Crippen LogP contribution in [0, 0.1) is 5.41 Å². The van der Waals surface area contributed by atoms with Gasteiger partial charge in [-0.15, -0.1) is 0 Å². The molecule has 3 nitrogen and oxygen atoms in total. The predicted molar refractivity (Wildman–Crippen MR) is 53.7 cm³/mol. The number of carbonyl (C=O) groups excluding carboxylic acids is 1. The highest BCUT2D eigenvalue weighted by Gasteiger charge is 2.29. The van der Waals surface area contributed by atoms with Crippen molar-refractivity contribution >= 4 is 6.03 Å². The lowest BCUT2D eigenvalue weighted by Gasteiger charge is -2.38. The Bertz CT molecular complexity index is 183. The van der Waals surface area contributed by atoms with Crippen molar-refractivity contribution in [1.82, 2.24) is 10.2 Å². The van der Waals surface area contributed by atoms with E-state index < -0.39 is 0 Å². The molecule has 0 radical (unpaired) electrons. The molecule has 1 N–H and O–H groups in total. The van der Waals surface area contributed by atoms with Crippen LogP contribution in [0.25, 0.3) is 0 Å². The zero-order valence-corrected chi connectivity index (χ0v) is 8.89. The zero-order valence-electron chi connectivity index (χ0n) is 8.89. The van der Waals surface area contributed by atoms with Gasteiger partial charge in [0.25, 0.3) is 0 Å². The first kappa shape index (κ1) is 10.4. The number of carbonyl (C=O) groups is 1. The Hall–Kier alpha value is -0.730. The van der Waals surface area contributed by atoms with Crippen LogP contribution in [0.1, 0.15) is 33.1 Å². The van der Waals surface area contributed by atoms with Crippen molar-refractivity contribution in [2.75, 3.05) is 20.1 Å². The number of rotatable bonds is 1. The lowest BCUT2D eigenvalue weighted by molar-refractivity contribution is 0.127. The average Bonchev–Trinajstić information content (AvgIpc) is 2.18. The third-order valence-electron chi connectivity index (χ3n) is 3.33. The van der Waals surface area contributed by atoms with Crippen LogP contribution in [0.2, 0.25) is 0 Å². The lowest BCUT2D eigenvalue weighted by Crippen LogP contribution is -2.45. The van der Waals surface area contributed by atoms with Gasteiger partial charge in [0.05, 0.1) is 0 Å². The largest absolute Gasteiger partial charge is 0.341 e. The van der Waals surface area contributed by atoms with E-state index in [1.165, 1.54) is 6.42 Å². The second kappa shape index (κ2) is 3.99. The Kier molecular flexibility index (Phi) is 3.17. The maximum Gasteiger partial charge on any atom is 0.317 e. The summed E-state index contributed by atoms with van der Waals surface area (Å²) in [5, 5.41) is 2.67. The van der Waals surface area contributed by atoms with Gasteiger partial charge < -0.3 is 10.2 Å². The van der Waals surface area contributed by atoms with Gasteiger partial charge in [-0.25, -0.2) is 4.79 Å². The molecular formula is C10H20N2O. The number of amides is 2. The van der Waals surface area contributed by atoms with E-state index >= 15 is 0 Å². The standard InChI is InChI=1S/C10H20N2O/c1-4-10(2)5-7-12(8-6-10)9(13)11-3/h4-8H2,1-3H3,(H,11,13). The van der Waals surface area contributed by atoms with E-state index in [2.05, 4.69) is 19.2 Å². The van der Waals surface area contributed by atoms with Gasteiger partial charge in [0, 0.05) is 20.1 Å². The zero-order chi connectivity index (χ0) is 9.90. The van der Waals surface area contributed by atoms with Crippen molar-refractivity contribution in [1.29, 1.82) is 0 Å². The summed E-state index contributed by atoms with van der Waals surface area (Å²) < 4.78 is 0. The van der Waals surface area contributed by atoms with Crippen LogP contribution >= 0.6 is 0 Å². The molecule has 0 aliphatic carbocycles. The number of nitrogens with one attached hydrogen (secondary N) is 1. The number of piperidine rings is 1. The molecule has 3 heteroatoms. The van der Waals surface area contributed by atoms with Crippen LogP contribution in [-0.4, -0.2) is 31.1 Å². The van der Waals surface area contributed by atoms with Crippen LogP contribution in [0.15, 0.2) is 0 Å². The molecule has 0 aromatic heterocycles. The smallest absolute Gasteiger partial charge is 0.317 e. The van der Waals surface area contributed by atoms with Crippen molar-refractivity contribution in [2.45, 2.75) is 33.1 Å². The highest BCUT2D eigenvalue weighted by molar-refractivity contribution is 5.73. The Balaban J connectivity index is 2.43. The summed E-state index contributed by atoms with van der Waals surface area (Å²) in [7, 11) is 1.69. The van der Waals surface area contributed by atoms with Gasteiger partial charge in [0.15, 0.2) is 0 Å². The van der Waals surface area contributed by atoms with Gasteiger partial charge in [-0.2, -0.15) is 0 Å². The van der Waals surface area contributed by atoms with E-state index in [-0.39, 0.29) is 6.03 Å². The minimum atomic E-state index is 0.0677. The first-order valence-corrected chi connectivity index (χ1v) is 5.08. The topological polar surface area (TPSA) is 32.3 Å². The minimum Gasteiger partial charge on any atom is -0.341 e. The fourth-order valence-electron chi connectivity index (χ4n) is 1.76. The minimum absolute atomic E-state index is 0.0677. The molecule has 1 aliphatic heterocycles. The van der Waals surface area contributed by atoms with Gasteiger partial charge >= 0.3 is 6.03 Å². The Morgan fingerprint density at radius 1 is 1.46 bits per heavy atom. The van der Waals surface area contributed by atoms with Crippen LogP contribution in [0.5, 0.6) is 0 Å². The molecule has 0 aromatic carbocycles. The van der Waals surface area contributed by atoms with Gasteiger partial charge in [0.2, 0.25) is 0 Å². The van der Waals surface area contributed by atoms with Gasteiger partial charge in [-0.05, 0) is 18.3 Å². The van der Waals surface area contributed by atoms with E-state index in [0.29, 0.717) is 5.41 Å². The number of nitrogens with zero attached hydrogens (tertiary/aromatic N) is 1. The molecule has 0 aromatic rings. The van der Waals surface area contributed by atoms with E-state index in [1.54, 1.807) is 7.05 Å². The molecule has 0 atom stereocenters. The quantitative estimate of drug-likeness (QED) is 0.662. The number of hydrogen-bond acceptors (Lipinski definition) is 1. The van der Waals surface area contributed by atoms with E-state index in [0.717, 1.165) is 25.9 Å². The molecule has 1 rings (SSSR count). The average molecular weight is 184 g/mol. The monoisotopic (exact) mass is 184 g/mol. The van der Waals surface area contributed by atoms with Crippen molar-refractivity contribution in [2.24, 2.45) is 5.41 Å². The molecule has 1 fully saturated rings. The summed E-state index contributed by atoms with van der Waals surface area (Å²) in [6.45, 7) is 6.36. The molecule has 2 amide bonds.